The van der Waals surface area contributed by atoms with E-state index in [4.69, 9.17) is 4.74 Å². The van der Waals surface area contributed by atoms with Crippen LogP contribution in [0.25, 0.3) is 0 Å². The summed E-state index contributed by atoms with van der Waals surface area (Å²) >= 11 is 0. The highest BCUT2D eigenvalue weighted by molar-refractivity contribution is 7.89. The normalized spacial score (nSPS) is 22.1. The Bertz CT molecular complexity index is 1300. The van der Waals surface area contributed by atoms with Crippen molar-refractivity contribution in [1.82, 2.24) is 9.21 Å². The zero-order chi connectivity index (χ0) is 26.0. The van der Waals surface area contributed by atoms with E-state index in [-0.39, 0.29) is 47.7 Å². The second-order valence-electron chi connectivity index (χ2n) is 9.64. The molecule has 192 valence electrons. The number of hydrogen-bond acceptors (Lipinski definition) is 5. The number of carbonyl (C=O) groups excluding carboxylic acids is 1. The van der Waals surface area contributed by atoms with E-state index in [0.717, 1.165) is 12.8 Å². The van der Waals surface area contributed by atoms with Crippen LogP contribution in [0, 0.1) is 29.5 Å². The smallest absolute Gasteiger partial charge is 0.253 e. The first kappa shape index (κ1) is 26.1. The number of benzene rings is 2. The highest BCUT2D eigenvalue weighted by Gasteiger charge is 2.38. The summed E-state index contributed by atoms with van der Waals surface area (Å²) in [5.41, 5.74) is 0.862. The van der Waals surface area contributed by atoms with Crippen LogP contribution in [-0.2, 0) is 10.0 Å². The number of carbonyl (C=O) groups is 1. The molecule has 0 aromatic heterocycles. The molecule has 0 radical (unpaired) electrons. The Morgan fingerprint density at radius 2 is 2.03 bits per heavy atom. The quantitative estimate of drug-likeness (QED) is 0.620. The Morgan fingerprint density at radius 3 is 2.69 bits per heavy atom. The highest BCUT2D eigenvalue weighted by atomic mass is 32.2. The molecule has 1 aliphatic heterocycles. The molecular formula is C27H31FN2O5S. The van der Waals surface area contributed by atoms with E-state index in [2.05, 4.69) is 11.8 Å². The number of amides is 1. The van der Waals surface area contributed by atoms with Gasteiger partial charge in [-0.2, -0.15) is 4.31 Å². The van der Waals surface area contributed by atoms with E-state index < -0.39 is 28.0 Å². The lowest BCUT2D eigenvalue weighted by Crippen LogP contribution is -2.50. The van der Waals surface area contributed by atoms with Gasteiger partial charge < -0.3 is 14.7 Å². The lowest BCUT2D eigenvalue weighted by molar-refractivity contribution is 0.0563. The largest absolute Gasteiger partial charge is 0.487 e. The van der Waals surface area contributed by atoms with E-state index in [1.165, 1.54) is 33.5 Å². The van der Waals surface area contributed by atoms with Crippen LogP contribution in [0.5, 0.6) is 5.75 Å². The lowest BCUT2D eigenvalue weighted by Gasteiger charge is -2.37. The van der Waals surface area contributed by atoms with Gasteiger partial charge in [-0.3, -0.25) is 4.79 Å². The van der Waals surface area contributed by atoms with Crippen molar-refractivity contribution in [3.8, 4) is 17.6 Å². The number of ether oxygens (including phenoxy) is 1. The summed E-state index contributed by atoms with van der Waals surface area (Å²) in [4.78, 5) is 14.4. The molecule has 0 bridgehead atoms. The Labute approximate surface area is 211 Å². The summed E-state index contributed by atoms with van der Waals surface area (Å²) in [5, 5.41) is 9.78. The Kier molecular flexibility index (Phi) is 7.69. The van der Waals surface area contributed by atoms with Crippen molar-refractivity contribution in [3.05, 3.63) is 59.4 Å². The molecule has 1 aliphatic carbocycles. The molecule has 3 atom stereocenters. The average Bonchev–Trinajstić information content (AvgIpc) is 3.68. The van der Waals surface area contributed by atoms with E-state index in [1.54, 1.807) is 32.2 Å². The Hall–Kier alpha value is -2.93. The number of likely N-dealkylation sites (N-methyl/N-ethyl adjacent to an activating group) is 1. The first-order valence-corrected chi connectivity index (χ1v) is 13.5. The van der Waals surface area contributed by atoms with Crippen molar-refractivity contribution in [2.45, 2.75) is 43.7 Å². The average molecular weight is 515 g/mol. The third-order valence-electron chi connectivity index (χ3n) is 6.54. The molecule has 4 rings (SSSR count). The van der Waals surface area contributed by atoms with Crippen molar-refractivity contribution in [2.24, 2.45) is 11.8 Å². The third-order valence-corrected chi connectivity index (χ3v) is 8.56. The molecule has 0 spiro atoms. The minimum Gasteiger partial charge on any atom is -0.487 e. The fraction of sp³-hybridized carbons (Fsp3) is 0.444. The summed E-state index contributed by atoms with van der Waals surface area (Å²) in [6.45, 7) is 3.40. The Morgan fingerprint density at radius 1 is 1.28 bits per heavy atom. The molecule has 0 unspecified atom stereocenters. The fourth-order valence-corrected chi connectivity index (χ4v) is 5.95. The third kappa shape index (κ3) is 5.72. The second-order valence-corrected chi connectivity index (χ2v) is 11.5. The van der Waals surface area contributed by atoms with Crippen LogP contribution in [0.3, 0.4) is 0 Å². The summed E-state index contributed by atoms with van der Waals surface area (Å²) in [5.74, 6) is 5.62. The molecule has 1 amide bonds. The first-order chi connectivity index (χ1) is 17.1. The minimum absolute atomic E-state index is 0.00391. The summed E-state index contributed by atoms with van der Waals surface area (Å²) in [6, 6.07) is 9.61. The van der Waals surface area contributed by atoms with E-state index in [9.17, 15) is 22.7 Å². The first-order valence-electron chi connectivity index (χ1n) is 12.1. The standard InChI is InChI=1S/C27H31FN2O5S/c1-18-15-30(19(2)17-31)36(33,34)26-12-11-21(10-9-20-7-8-20)13-24(26)35-25(18)16-29(3)27(32)22-5-4-6-23(28)14-22/h4-6,11-14,18-20,25,31H,7-8,15-17H2,1-3H3/t18-,19-,25+/m0/s1. The maximum Gasteiger partial charge on any atom is 0.253 e. The van der Waals surface area contributed by atoms with Crippen LogP contribution in [0.1, 0.15) is 42.6 Å². The molecule has 2 aromatic rings. The van der Waals surface area contributed by atoms with E-state index in [0.29, 0.717) is 11.5 Å². The van der Waals surface area contributed by atoms with Crippen molar-refractivity contribution in [1.29, 1.82) is 0 Å². The van der Waals surface area contributed by atoms with Gasteiger partial charge in [0, 0.05) is 42.6 Å². The number of rotatable bonds is 5. The van der Waals surface area contributed by atoms with Crippen LogP contribution in [0.2, 0.25) is 0 Å². The zero-order valence-corrected chi connectivity index (χ0v) is 21.5. The van der Waals surface area contributed by atoms with Gasteiger partial charge in [0.2, 0.25) is 10.0 Å². The molecule has 9 heteroatoms. The summed E-state index contributed by atoms with van der Waals surface area (Å²) in [6.07, 6.45) is 1.58. The van der Waals surface area contributed by atoms with Crippen molar-refractivity contribution in [2.75, 3.05) is 26.7 Å². The predicted octanol–water partition coefficient (Wildman–Crippen LogP) is 3.13. The van der Waals surface area contributed by atoms with Gasteiger partial charge in [0.15, 0.2) is 0 Å². The molecule has 1 fully saturated rings. The monoisotopic (exact) mass is 514 g/mol. The summed E-state index contributed by atoms with van der Waals surface area (Å²) in [7, 11) is -2.36. The minimum atomic E-state index is -3.96. The van der Waals surface area contributed by atoms with Gasteiger partial charge >= 0.3 is 0 Å². The van der Waals surface area contributed by atoms with Crippen LogP contribution in [-0.4, -0.2) is 67.5 Å². The molecule has 0 saturated heterocycles. The van der Waals surface area contributed by atoms with E-state index >= 15 is 0 Å². The molecule has 7 nitrogen and oxygen atoms in total. The van der Waals surface area contributed by atoms with Gasteiger partial charge in [0.05, 0.1) is 13.2 Å². The van der Waals surface area contributed by atoms with Gasteiger partial charge in [0.1, 0.15) is 22.6 Å². The van der Waals surface area contributed by atoms with Crippen molar-refractivity contribution in [3.63, 3.8) is 0 Å². The molecule has 1 N–H and O–H groups in total. The van der Waals surface area contributed by atoms with Crippen LogP contribution in [0.15, 0.2) is 47.4 Å². The zero-order valence-electron chi connectivity index (χ0n) is 20.6. The van der Waals surface area contributed by atoms with Gasteiger partial charge in [-0.1, -0.05) is 24.8 Å². The highest BCUT2D eigenvalue weighted by Crippen LogP contribution is 2.34. The number of sulfonamides is 1. The predicted molar refractivity (Wildman–Crippen MR) is 133 cm³/mol. The number of aliphatic hydroxyl groups excluding tert-OH is 1. The Balaban J connectivity index is 1.69. The molecular weight excluding hydrogens is 483 g/mol. The number of fused-ring (bicyclic) bond motifs is 1. The number of halogens is 1. The van der Waals surface area contributed by atoms with Gasteiger partial charge in [0.25, 0.3) is 5.91 Å². The number of hydrogen-bond donors (Lipinski definition) is 1. The van der Waals surface area contributed by atoms with Crippen molar-refractivity contribution < 1.29 is 27.4 Å². The van der Waals surface area contributed by atoms with Gasteiger partial charge in [-0.25, -0.2) is 12.8 Å². The SMILES string of the molecule is C[C@H]1CN([C@@H](C)CO)S(=O)(=O)c2ccc(C#CC3CC3)cc2O[C@@H]1CN(C)C(=O)c1cccc(F)c1. The van der Waals surface area contributed by atoms with Crippen LogP contribution < -0.4 is 4.74 Å². The molecule has 1 saturated carbocycles. The maximum atomic E-state index is 13.7. The number of aliphatic hydroxyl groups is 1. The second kappa shape index (κ2) is 10.6. The molecule has 1 heterocycles. The van der Waals surface area contributed by atoms with Gasteiger partial charge in [-0.15, -0.1) is 0 Å². The fourth-order valence-electron chi connectivity index (χ4n) is 4.13. The lowest BCUT2D eigenvalue weighted by atomic mass is 10.0. The maximum absolute atomic E-state index is 13.7. The van der Waals surface area contributed by atoms with Crippen LogP contribution >= 0.6 is 0 Å². The van der Waals surface area contributed by atoms with Crippen molar-refractivity contribution >= 4 is 15.9 Å². The van der Waals surface area contributed by atoms with E-state index in [1.807, 2.05) is 6.92 Å². The molecule has 2 aliphatic rings. The number of nitrogens with zero attached hydrogens (tertiary/aromatic N) is 2. The molecule has 36 heavy (non-hydrogen) atoms. The summed E-state index contributed by atoms with van der Waals surface area (Å²) < 4.78 is 48.4. The van der Waals surface area contributed by atoms with Gasteiger partial charge in [-0.05, 0) is 56.2 Å². The topological polar surface area (TPSA) is 87.2 Å². The van der Waals surface area contributed by atoms with Crippen LogP contribution in [0.4, 0.5) is 4.39 Å². The molecule has 2 aromatic carbocycles.